The van der Waals surface area contributed by atoms with Crippen molar-refractivity contribution >= 4 is 0 Å². The predicted octanol–water partition coefficient (Wildman–Crippen LogP) is 5.94. The van der Waals surface area contributed by atoms with Gasteiger partial charge in [-0.2, -0.15) is 0 Å². The van der Waals surface area contributed by atoms with E-state index in [-0.39, 0.29) is 5.75 Å². The molecular formula is C24H33NO3. The molecule has 0 unspecified atom stereocenters. The minimum Gasteiger partial charge on any atom is -0.508 e. The van der Waals surface area contributed by atoms with Gasteiger partial charge in [-0.25, -0.2) is 0 Å². The van der Waals surface area contributed by atoms with Crippen molar-refractivity contribution in [1.29, 1.82) is 0 Å². The van der Waals surface area contributed by atoms with E-state index in [2.05, 4.69) is 0 Å². The van der Waals surface area contributed by atoms with Crippen LogP contribution in [0, 0.1) is 0 Å². The summed E-state index contributed by atoms with van der Waals surface area (Å²) in [5.74, 6) is 1.61. The first-order chi connectivity index (χ1) is 13.6. The predicted molar refractivity (Wildman–Crippen MR) is 111 cm³/mol. The molecule has 4 nitrogen and oxygen atoms in total. The molecular weight excluding hydrogens is 350 g/mol. The summed E-state index contributed by atoms with van der Waals surface area (Å²) in [6.45, 7) is 0.550. The number of hydrogen-bond acceptors (Lipinski definition) is 3. The fourth-order valence-corrected chi connectivity index (χ4v) is 5.33. The van der Waals surface area contributed by atoms with Crippen molar-refractivity contribution in [1.82, 2.24) is 4.57 Å². The second kappa shape index (κ2) is 8.50. The van der Waals surface area contributed by atoms with Crippen LogP contribution < -0.4 is 0 Å². The summed E-state index contributed by atoms with van der Waals surface area (Å²) in [6, 6.07) is 7.17. The van der Waals surface area contributed by atoms with Gasteiger partial charge >= 0.3 is 0 Å². The van der Waals surface area contributed by atoms with Gasteiger partial charge in [-0.3, -0.25) is 4.57 Å². The first-order valence-electron chi connectivity index (χ1n) is 11.1. The maximum Gasteiger partial charge on any atom is 0.197 e. The lowest BCUT2D eigenvalue weighted by Gasteiger charge is -2.27. The highest BCUT2D eigenvalue weighted by Gasteiger charge is 2.33. The number of aryl methyl sites for hydroxylation is 1. The average Bonchev–Trinajstić information content (AvgIpc) is 2.99. The Kier molecular flexibility index (Phi) is 5.84. The molecule has 4 rings (SSSR count). The van der Waals surface area contributed by atoms with E-state index in [0.717, 1.165) is 42.4 Å². The van der Waals surface area contributed by atoms with Gasteiger partial charge in [0.25, 0.3) is 0 Å². The lowest BCUT2D eigenvalue weighted by atomic mass is 9.77. The molecule has 0 radical (unpaired) electrons. The van der Waals surface area contributed by atoms with Crippen molar-refractivity contribution in [2.24, 2.45) is 0 Å². The Morgan fingerprint density at radius 3 is 1.61 bits per heavy atom. The summed E-state index contributed by atoms with van der Waals surface area (Å²) in [5, 5.41) is 31.8. The summed E-state index contributed by atoms with van der Waals surface area (Å²) < 4.78 is 1.74. The number of rotatable bonds is 5. The molecule has 28 heavy (non-hydrogen) atoms. The molecule has 0 bridgehead atoms. The van der Waals surface area contributed by atoms with Crippen LogP contribution in [0.5, 0.6) is 17.5 Å². The zero-order chi connectivity index (χ0) is 19.5. The van der Waals surface area contributed by atoms with Crippen molar-refractivity contribution in [2.75, 3.05) is 0 Å². The first-order valence-corrected chi connectivity index (χ1v) is 11.1. The summed E-state index contributed by atoms with van der Waals surface area (Å²) >= 11 is 0. The van der Waals surface area contributed by atoms with Crippen LogP contribution in [0.25, 0.3) is 0 Å². The zero-order valence-corrected chi connectivity index (χ0v) is 16.7. The Labute approximate surface area is 167 Å². The van der Waals surface area contributed by atoms with Gasteiger partial charge in [0.2, 0.25) is 0 Å². The van der Waals surface area contributed by atoms with Crippen LogP contribution in [-0.4, -0.2) is 19.9 Å². The van der Waals surface area contributed by atoms with E-state index in [1.165, 1.54) is 38.5 Å². The molecule has 0 amide bonds. The van der Waals surface area contributed by atoms with Crippen LogP contribution in [0.3, 0.4) is 0 Å². The molecule has 1 aromatic carbocycles. The highest BCUT2D eigenvalue weighted by Crippen LogP contribution is 2.50. The molecule has 1 heterocycles. The van der Waals surface area contributed by atoms with E-state index in [0.29, 0.717) is 36.6 Å². The number of nitrogens with zero attached hydrogens (tertiary/aromatic N) is 1. The van der Waals surface area contributed by atoms with Crippen LogP contribution in [0.1, 0.15) is 92.7 Å². The number of phenols is 1. The monoisotopic (exact) mass is 383 g/mol. The van der Waals surface area contributed by atoms with E-state index in [1.54, 1.807) is 16.7 Å². The Morgan fingerprint density at radius 1 is 0.679 bits per heavy atom. The molecule has 4 heteroatoms. The first kappa shape index (κ1) is 19.2. The van der Waals surface area contributed by atoms with Crippen LogP contribution in [0.2, 0.25) is 0 Å². The number of aromatic nitrogens is 1. The fraction of sp³-hybridized carbons (Fsp3) is 0.583. The highest BCUT2D eigenvalue weighted by molar-refractivity contribution is 5.50. The molecule has 2 fully saturated rings. The highest BCUT2D eigenvalue weighted by atomic mass is 16.3. The summed E-state index contributed by atoms with van der Waals surface area (Å²) in [4.78, 5) is 0. The maximum atomic E-state index is 11.2. The van der Waals surface area contributed by atoms with Crippen LogP contribution in [0.4, 0.5) is 0 Å². The standard InChI is InChI=1S/C24H33NO3/c26-20-13-11-17(12-14-20)15-16-25-23(27)21(18-7-3-1-4-8-18)22(24(25)28)19-9-5-2-6-10-19/h11-14,18-19,26-28H,1-10,15-16H2. The molecule has 2 aromatic rings. The summed E-state index contributed by atoms with van der Waals surface area (Å²) in [6.07, 6.45) is 12.6. The Hall–Kier alpha value is -2.10. The summed E-state index contributed by atoms with van der Waals surface area (Å²) in [7, 11) is 0. The second-order valence-corrected chi connectivity index (χ2v) is 8.71. The molecule has 1 aromatic heterocycles. The second-order valence-electron chi connectivity index (χ2n) is 8.71. The normalized spacial score (nSPS) is 19.1. The lowest BCUT2D eigenvalue weighted by Crippen LogP contribution is -2.10. The van der Waals surface area contributed by atoms with Gasteiger partial charge in [0.1, 0.15) is 5.75 Å². The maximum absolute atomic E-state index is 11.2. The minimum atomic E-state index is 0.259. The van der Waals surface area contributed by atoms with E-state index < -0.39 is 0 Å². The Morgan fingerprint density at radius 2 is 1.14 bits per heavy atom. The smallest absolute Gasteiger partial charge is 0.197 e. The average molecular weight is 384 g/mol. The van der Waals surface area contributed by atoms with Crippen LogP contribution >= 0.6 is 0 Å². The molecule has 152 valence electrons. The molecule has 2 saturated carbocycles. The molecule has 0 atom stereocenters. The fourth-order valence-electron chi connectivity index (χ4n) is 5.33. The molecule has 0 spiro atoms. The van der Waals surface area contributed by atoms with Gasteiger partial charge in [-0.05, 0) is 61.6 Å². The van der Waals surface area contributed by atoms with Gasteiger partial charge < -0.3 is 15.3 Å². The van der Waals surface area contributed by atoms with Crippen molar-refractivity contribution in [3.63, 3.8) is 0 Å². The van der Waals surface area contributed by atoms with Gasteiger partial charge in [0.15, 0.2) is 11.8 Å². The molecule has 2 aliphatic carbocycles. The topological polar surface area (TPSA) is 65.6 Å². The van der Waals surface area contributed by atoms with E-state index >= 15 is 0 Å². The minimum absolute atomic E-state index is 0.259. The molecule has 0 saturated heterocycles. The van der Waals surface area contributed by atoms with Crippen molar-refractivity contribution in [3.05, 3.63) is 41.0 Å². The largest absolute Gasteiger partial charge is 0.508 e. The van der Waals surface area contributed by atoms with Gasteiger partial charge in [-0.1, -0.05) is 50.7 Å². The third kappa shape index (κ3) is 3.87. The molecule has 3 N–H and O–H groups in total. The lowest BCUT2D eigenvalue weighted by molar-refractivity contribution is 0.357. The Balaban J connectivity index is 1.65. The Bertz CT molecular complexity index is 740. The quantitative estimate of drug-likeness (QED) is 0.598. The van der Waals surface area contributed by atoms with Gasteiger partial charge in [0, 0.05) is 17.7 Å². The molecule has 0 aliphatic heterocycles. The van der Waals surface area contributed by atoms with E-state index in [9.17, 15) is 15.3 Å². The van der Waals surface area contributed by atoms with Gasteiger partial charge in [0.05, 0.1) is 0 Å². The van der Waals surface area contributed by atoms with Crippen molar-refractivity contribution < 1.29 is 15.3 Å². The third-order valence-corrected chi connectivity index (χ3v) is 6.87. The van der Waals surface area contributed by atoms with Crippen molar-refractivity contribution in [3.8, 4) is 17.5 Å². The zero-order valence-electron chi connectivity index (χ0n) is 16.7. The third-order valence-electron chi connectivity index (χ3n) is 6.87. The van der Waals surface area contributed by atoms with E-state index in [1.807, 2.05) is 12.1 Å². The number of aromatic hydroxyl groups is 3. The molecule has 2 aliphatic rings. The SMILES string of the molecule is Oc1ccc(CCn2c(O)c(C3CCCCC3)c(C3CCCCC3)c2O)cc1. The van der Waals surface area contributed by atoms with E-state index in [4.69, 9.17) is 0 Å². The van der Waals surface area contributed by atoms with Gasteiger partial charge in [-0.15, -0.1) is 0 Å². The number of hydrogen-bond donors (Lipinski definition) is 3. The number of benzene rings is 1. The van der Waals surface area contributed by atoms with Crippen LogP contribution in [-0.2, 0) is 13.0 Å². The van der Waals surface area contributed by atoms with Crippen molar-refractivity contribution in [2.45, 2.75) is 89.0 Å². The summed E-state index contributed by atoms with van der Waals surface area (Å²) in [5.41, 5.74) is 3.19. The number of phenolic OH excluding ortho intramolecular Hbond substituents is 1. The van der Waals surface area contributed by atoms with Crippen LogP contribution in [0.15, 0.2) is 24.3 Å².